The molecule has 0 aromatic heterocycles. The van der Waals surface area contributed by atoms with Crippen molar-refractivity contribution in [2.45, 2.75) is 25.9 Å². The van der Waals surface area contributed by atoms with Crippen molar-refractivity contribution in [3.63, 3.8) is 0 Å². The van der Waals surface area contributed by atoms with Crippen molar-refractivity contribution in [3.05, 3.63) is 12.7 Å². The van der Waals surface area contributed by atoms with Gasteiger partial charge in [-0.25, -0.2) is 4.79 Å². The lowest BCUT2D eigenvalue weighted by Gasteiger charge is -2.25. The molecule has 0 aliphatic rings. The Bertz CT molecular complexity index is 197. The molecule has 4 nitrogen and oxygen atoms in total. The van der Waals surface area contributed by atoms with Gasteiger partial charge in [0.25, 0.3) is 0 Å². The smallest absolute Gasteiger partial charge is 0.332 e. The fourth-order valence-corrected chi connectivity index (χ4v) is 1.71. The first-order chi connectivity index (χ1) is 6.39. The first kappa shape index (κ1) is 13.3. The summed E-state index contributed by atoms with van der Waals surface area (Å²) in [5.74, 6) is -0.495. The average molecular weight is 218 g/mol. The van der Waals surface area contributed by atoms with E-state index in [4.69, 9.17) is 13.9 Å². The summed E-state index contributed by atoms with van der Waals surface area (Å²) in [6.45, 7) is 9.58. The minimum absolute atomic E-state index is 0.240. The third-order valence-corrected chi connectivity index (χ3v) is 2.17. The van der Waals surface area contributed by atoms with Crippen LogP contribution in [0.25, 0.3) is 0 Å². The third kappa shape index (κ3) is 6.82. The lowest BCUT2D eigenvalue weighted by molar-refractivity contribution is -0.165. The molecule has 82 valence electrons. The molecule has 0 rings (SSSR count). The van der Waals surface area contributed by atoms with E-state index in [0.717, 1.165) is 6.08 Å². The Kier molecular flexibility index (Phi) is 5.67. The van der Waals surface area contributed by atoms with Crippen molar-refractivity contribution >= 4 is 14.3 Å². The Morgan fingerprint density at radius 2 is 2.07 bits per heavy atom. The van der Waals surface area contributed by atoms with Crippen LogP contribution in [-0.4, -0.2) is 34.3 Å². The monoisotopic (exact) mass is 218 g/mol. The molecule has 1 unspecified atom stereocenters. The second kappa shape index (κ2) is 5.95. The summed E-state index contributed by atoms with van der Waals surface area (Å²) in [6, 6.07) is 0. The van der Waals surface area contributed by atoms with E-state index in [2.05, 4.69) is 6.58 Å². The van der Waals surface area contributed by atoms with Gasteiger partial charge in [0.2, 0.25) is 6.29 Å². The van der Waals surface area contributed by atoms with Gasteiger partial charge in [-0.15, -0.1) is 0 Å². The fraction of sp³-hybridized carbons (Fsp3) is 0.667. The second-order valence-corrected chi connectivity index (χ2v) is 8.22. The largest absolute Gasteiger partial charge is 0.431 e. The SMILES string of the molecule is C=CC(=O)OC(COC)O[Si](C)(C)C. The molecule has 0 saturated carbocycles. The summed E-state index contributed by atoms with van der Waals surface area (Å²) in [7, 11) is -0.199. The average Bonchev–Trinajstić information content (AvgIpc) is 2.01. The van der Waals surface area contributed by atoms with Crippen LogP contribution in [0.2, 0.25) is 19.6 Å². The summed E-state index contributed by atoms with van der Waals surface area (Å²) < 4.78 is 15.4. The van der Waals surface area contributed by atoms with Gasteiger partial charge in [0.15, 0.2) is 8.32 Å². The van der Waals surface area contributed by atoms with E-state index in [1.54, 1.807) is 0 Å². The molecule has 0 heterocycles. The van der Waals surface area contributed by atoms with E-state index in [0.29, 0.717) is 0 Å². The van der Waals surface area contributed by atoms with Crippen LogP contribution >= 0.6 is 0 Å². The summed E-state index contributed by atoms with van der Waals surface area (Å²) in [4.78, 5) is 10.9. The van der Waals surface area contributed by atoms with Gasteiger partial charge in [-0.1, -0.05) is 6.58 Å². The number of hydrogen-bond acceptors (Lipinski definition) is 4. The minimum atomic E-state index is -1.73. The molecule has 0 spiro atoms. The fourth-order valence-electron chi connectivity index (χ4n) is 0.800. The number of esters is 1. The van der Waals surface area contributed by atoms with Crippen LogP contribution in [0.15, 0.2) is 12.7 Å². The molecule has 0 aliphatic carbocycles. The van der Waals surface area contributed by atoms with E-state index >= 15 is 0 Å². The lowest BCUT2D eigenvalue weighted by atomic mass is 10.6. The van der Waals surface area contributed by atoms with Crippen LogP contribution in [0.1, 0.15) is 0 Å². The first-order valence-corrected chi connectivity index (χ1v) is 7.79. The van der Waals surface area contributed by atoms with Gasteiger partial charge in [-0.2, -0.15) is 0 Å². The predicted octanol–water partition coefficient (Wildman–Crippen LogP) is 1.54. The quantitative estimate of drug-likeness (QED) is 0.293. The molecule has 0 fully saturated rings. The van der Waals surface area contributed by atoms with E-state index in [-0.39, 0.29) is 6.61 Å². The molecule has 0 saturated heterocycles. The molecule has 0 bridgehead atoms. The highest BCUT2D eigenvalue weighted by Gasteiger charge is 2.23. The molecular weight excluding hydrogens is 200 g/mol. The second-order valence-electron chi connectivity index (χ2n) is 3.76. The van der Waals surface area contributed by atoms with Crippen molar-refractivity contribution in [1.82, 2.24) is 0 Å². The highest BCUT2D eigenvalue weighted by Crippen LogP contribution is 2.09. The summed E-state index contributed by atoms with van der Waals surface area (Å²) in [6.07, 6.45) is 0.480. The Labute approximate surface area is 86.0 Å². The van der Waals surface area contributed by atoms with Gasteiger partial charge in [0, 0.05) is 13.2 Å². The Balaban J connectivity index is 4.15. The molecule has 14 heavy (non-hydrogen) atoms. The van der Waals surface area contributed by atoms with Crippen molar-refractivity contribution in [2.75, 3.05) is 13.7 Å². The highest BCUT2D eigenvalue weighted by atomic mass is 28.4. The van der Waals surface area contributed by atoms with Gasteiger partial charge in [0.05, 0.1) is 0 Å². The molecular formula is C9H18O4Si. The molecule has 5 heteroatoms. The Hall–Kier alpha value is -0.653. The van der Waals surface area contributed by atoms with Crippen molar-refractivity contribution < 1.29 is 18.7 Å². The molecule has 0 aliphatic heterocycles. The van der Waals surface area contributed by atoms with E-state index in [1.807, 2.05) is 19.6 Å². The van der Waals surface area contributed by atoms with Crippen LogP contribution in [0.5, 0.6) is 0 Å². The predicted molar refractivity (Wildman–Crippen MR) is 56.4 cm³/mol. The minimum Gasteiger partial charge on any atom is -0.431 e. The number of methoxy groups -OCH3 is 1. The maximum absolute atomic E-state index is 10.9. The third-order valence-electron chi connectivity index (χ3n) is 1.20. The Morgan fingerprint density at radius 3 is 2.43 bits per heavy atom. The van der Waals surface area contributed by atoms with E-state index in [1.165, 1.54) is 7.11 Å². The zero-order chi connectivity index (χ0) is 11.2. The topological polar surface area (TPSA) is 44.8 Å². The number of carbonyl (C=O) groups excluding carboxylic acids is 1. The van der Waals surface area contributed by atoms with Crippen LogP contribution in [0, 0.1) is 0 Å². The number of hydrogen-bond donors (Lipinski definition) is 0. The highest BCUT2D eigenvalue weighted by molar-refractivity contribution is 6.69. The summed E-state index contributed by atoms with van der Waals surface area (Å²) in [5, 5.41) is 0. The van der Waals surface area contributed by atoms with Gasteiger partial charge in [-0.05, 0) is 19.6 Å². The standard InChI is InChI=1S/C9H18O4Si/c1-6-8(10)12-9(7-11-2)13-14(3,4)5/h6,9H,1,7H2,2-5H3. The number of rotatable bonds is 6. The lowest BCUT2D eigenvalue weighted by Crippen LogP contribution is -2.37. The molecule has 1 atom stereocenters. The van der Waals surface area contributed by atoms with Gasteiger partial charge in [-0.3, -0.25) is 0 Å². The molecule has 0 amide bonds. The van der Waals surface area contributed by atoms with E-state index in [9.17, 15) is 4.79 Å². The number of carbonyl (C=O) groups is 1. The van der Waals surface area contributed by atoms with E-state index < -0.39 is 20.6 Å². The van der Waals surface area contributed by atoms with Crippen LogP contribution in [-0.2, 0) is 18.7 Å². The molecule has 0 aromatic carbocycles. The van der Waals surface area contributed by atoms with Gasteiger partial charge in [0.1, 0.15) is 6.61 Å². The molecule has 0 radical (unpaired) electrons. The maximum Gasteiger partial charge on any atom is 0.332 e. The first-order valence-electron chi connectivity index (χ1n) is 4.39. The van der Waals surface area contributed by atoms with Crippen molar-refractivity contribution in [3.8, 4) is 0 Å². The summed E-state index contributed by atoms with van der Waals surface area (Å²) >= 11 is 0. The number of ether oxygens (including phenoxy) is 2. The zero-order valence-corrected chi connectivity index (χ0v) is 10.2. The Morgan fingerprint density at radius 1 is 1.50 bits per heavy atom. The van der Waals surface area contributed by atoms with Crippen LogP contribution in [0.4, 0.5) is 0 Å². The molecule has 0 aromatic rings. The van der Waals surface area contributed by atoms with Gasteiger partial charge >= 0.3 is 5.97 Å². The maximum atomic E-state index is 10.9. The van der Waals surface area contributed by atoms with Crippen molar-refractivity contribution in [2.24, 2.45) is 0 Å². The zero-order valence-electron chi connectivity index (χ0n) is 9.20. The summed E-state index contributed by atoms with van der Waals surface area (Å²) in [5.41, 5.74) is 0. The van der Waals surface area contributed by atoms with Crippen LogP contribution < -0.4 is 0 Å². The molecule has 0 N–H and O–H groups in total. The normalized spacial score (nSPS) is 13.4. The van der Waals surface area contributed by atoms with Gasteiger partial charge < -0.3 is 13.9 Å². The van der Waals surface area contributed by atoms with Crippen molar-refractivity contribution in [1.29, 1.82) is 0 Å². The van der Waals surface area contributed by atoms with Crippen LogP contribution in [0.3, 0.4) is 0 Å².